The van der Waals surface area contributed by atoms with Gasteiger partial charge in [-0.15, -0.1) is 11.8 Å². The minimum absolute atomic E-state index is 0.0373. The molecule has 1 fully saturated rings. The first-order valence-corrected chi connectivity index (χ1v) is 12.3. The number of piperidine rings is 1. The number of nitrogens with zero attached hydrogens (tertiary/aromatic N) is 3. The van der Waals surface area contributed by atoms with Crippen LogP contribution in [0.5, 0.6) is 0 Å². The number of hydrogen-bond acceptors (Lipinski definition) is 7. The van der Waals surface area contributed by atoms with Gasteiger partial charge in [-0.2, -0.15) is 4.98 Å². The summed E-state index contributed by atoms with van der Waals surface area (Å²) in [5.41, 5.74) is 0.638. The molecule has 8 nitrogen and oxygen atoms in total. The van der Waals surface area contributed by atoms with Crippen molar-refractivity contribution in [3.8, 4) is 0 Å². The highest BCUT2D eigenvalue weighted by atomic mass is 32.2. The maximum absolute atomic E-state index is 13.1. The van der Waals surface area contributed by atoms with Gasteiger partial charge in [0, 0.05) is 24.0 Å². The number of amides is 1. The van der Waals surface area contributed by atoms with Crippen molar-refractivity contribution >= 4 is 27.7 Å². The van der Waals surface area contributed by atoms with Gasteiger partial charge in [0.15, 0.2) is 5.82 Å². The van der Waals surface area contributed by atoms with Gasteiger partial charge in [-0.1, -0.05) is 24.2 Å². The minimum atomic E-state index is -3.24. The summed E-state index contributed by atoms with van der Waals surface area (Å²) in [6, 6.07) is 7.36. The molecule has 29 heavy (non-hydrogen) atoms. The van der Waals surface area contributed by atoms with Gasteiger partial charge in [-0.25, -0.2) is 13.1 Å². The Morgan fingerprint density at radius 3 is 2.69 bits per heavy atom. The summed E-state index contributed by atoms with van der Waals surface area (Å²) in [6.07, 6.45) is 1.82. The van der Waals surface area contributed by atoms with Gasteiger partial charge in [0.05, 0.1) is 17.1 Å². The number of thioether (sulfide) groups is 1. The van der Waals surface area contributed by atoms with Gasteiger partial charge >= 0.3 is 0 Å². The summed E-state index contributed by atoms with van der Waals surface area (Å²) in [5.74, 6) is 1.70. The first-order valence-electron chi connectivity index (χ1n) is 9.68. The number of likely N-dealkylation sites (tertiary alicyclic amines) is 1. The molecule has 2 heterocycles. The minimum Gasteiger partial charge on any atom is -0.338 e. The van der Waals surface area contributed by atoms with Crippen LogP contribution < -0.4 is 4.72 Å². The second kappa shape index (κ2) is 9.73. The summed E-state index contributed by atoms with van der Waals surface area (Å²) in [6.45, 7) is 4.66. The molecule has 158 valence electrons. The molecule has 1 aromatic heterocycles. The Kier molecular flexibility index (Phi) is 7.31. The lowest BCUT2D eigenvalue weighted by molar-refractivity contribution is 0.0708. The predicted molar refractivity (Wildman–Crippen MR) is 111 cm³/mol. The van der Waals surface area contributed by atoms with Gasteiger partial charge in [-0.05, 0) is 38.3 Å². The van der Waals surface area contributed by atoms with E-state index in [0.29, 0.717) is 55.4 Å². The first-order chi connectivity index (χ1) is 13.9. The molecule has 0 spiro atoms. The first kappa shape index (κ1) is 21.8. The third-order valence-electron chi connectivity index (χ3n) is 4.64. The van der Waals surface area contributed by atoms with Crippen LogP contribution >= 0.6 is 11.8 Å². The van der Waals surface area contributed by atoms with Crippen molar-refractivity contribution in [3.63, 3.8) is 0 Å². The highest BCUT2D eigenvalue weighted by Crippen LogP contribution is 2.27. The smallest absolute Gasteiger partial charge is 0.254 e. The SMILES string of the molecule is CCCS(=O)(=O)NC1CCN(C(=O)c2ccccc2SCc2nc(C)no2)CC1. The van der Waals surface area contributed by atoms with Crippen LogP contribution in [0.3, 0.4) is 0 Å². The van der Waals surface area contributed by atoms with Crippen LogP contribution in [0.15, 0.2) is 33.7 Å². The zero-order valence-corrected chi connectivity index (χ0v) is 18.3. The van der Waals surface area contributed by atoms with Crippen molar-refractivity contribution in [2.75, 3.05) is 18.8 Å². The maximum atomic E-state index is 13.1. The van der Waals surface area contributed by atoms with Crippen LogP contribution in [0.25, 0.3) is 0 Å². The summed E-state index contributed by atoms with van der Waals surface area (Å²) in [5, 5.41) is 3.78. The van der Waals surface area contributed by atoms with E-state index in [9.17, 15) is 13.2 Å². The van der Waals surface area contributed by atoms with Crippen molar-refractivity contribution in [2.45, 2.75) is 49.8 Å². The van der Waals surface area contributed by atoms with E-state index in [-0.39, 0.29) is 17.7 Å². The number of rotatable bonds is 8. The fourth-order valence-corrected chi connectivity index (χ4v) is 5.54. The zero-order chi connectivity index (χ0) is 20.9. The van der Waals surface area contributed by atoms with Crippen molar-refractivity contribution in [1.82, 2.24) is 19.8 Å². The van der Waals surface area contributed by atoms with E-state index in [4.69, 9.17) is 4.52 Å². The van der Waals surface area contributed by atoms with E-state index < -0.39 is 10.0 Å². The van der Waals surface area contributed by atoms with E-state index in [1.807, 2.05) is 31.2 Å². The van der Waals surface area contributed by atoms with Gasteiger partial charge in [0.1, 0.15) is 0 Å². The van der Waals surface area contributed by atoms with Gasteiger partial charge in [0.25, 0.3) is 5.91 Å². The fourth-order valence-electron chi connectivity index (χ4n) is 3.26. The third kappa shape index (κ3) is 6.03. The Morgan fingerprint density at radius 1 is 1.31 bits per heavy atom. The highest BCUT2D eigenvalue weighted by Gasteiger charge is 2.27. The number of aryl methyl sites for hydroxylation is 1. The third-order valence-corrected chi connectivity index (χ3v) is 7.34. The molecule has 1 aliphatic heterocycles. The molecule has 1 saturated heterocycles. The molecule has 0 atom stereocenters. The lowest BCUT2D eigenvalue weighted by atomic mass is 10.0. The molecule has 1 aliphatic rings. The quantitative estimate of drug-likeness (QED) is 0.632. The largest absolute Gasteiger partial charge is 0.338 e. The van der Waals surface area contributed by atoms with Crippen LogP contribution in [0, 0.1) is 6.92 Å². The van der Waals surface area contributed by atoms with Crippen molar-refractivity contribution < 1.29 is 17.7 Å². The molecule has 0 unspecified atom stereocenters. The Bertz CT molecular complexity index is 937. The molecule has 0 bridgehead atoms. The molecular weight excluding hydrogens is 412 g/mol. The summed E-state index contributed by atoms with van der Waals surface area (Å²) < 4.78 is 31.8. The average molecular weight is 439 g/mol. The standard InChI is InChI=1S/C19H26N4O4S2/c1-3-12-29(25,26)22-15-8-10-23(11-9-15)19(24)16-6-4-5-7-17(16)28-13-18-20-14(2)21-27-18/h4-7,15,22H,3,8-13H2,1-2H3. The number of hydrogen-bond donors (Lipinski definition) is 1. The van der Waals surface area contributed by atoms with Gasteiger partial charge in [-0.3, -0.25) is 4.79 Å². The molecule has 3 rings (SSSR count). The van der Waals surface area contributed by atoms with E-state index in [1.165, 1.54) is 11.8 Å². The van der Waals surface area contributed by atoms with Crippen molar-refractivity contribution in [2.24, 2.45) is 0 Å². The lowest BCUT2D eigenvalue weighted by Gasteiger charge is -2.32. The Labute approximate surface area is 175 Å². The average Bonchev–Trinajstić information content (AvgIpc) is 3.11. The van der Waals surface area contributed by atoms with E-state index in [1.54, 1.807) is 11.8 Å². The Morgan fingerprint density at radius 2 is 2.03 bits per heavy atom. The highest BCUT2D eigenvalue weighted by molar-refractivity contribution is 7.98. The van der Waals surface area contributed by atoms with Gasteiger partial charge in [0.2, 0.25) is 15.9 Å². The number of sulfonamides is 1. The number of aromatic nitrogens is 2. The lowest BCUT2D eigenvalue weighted by Crippen LogP contribution is -2.47. The van der Waals surface area contributed by atoms with Crippen LogP contribution in [-0.4, -0.2) is 54.2 Å². The van der Waals surface area contributed by atoms with E-state index in [0.717, 1.165) is 4.90 Å². The molecule has 0 saturated carbocycles. The van der Waals surface area contributed by atoms with Crippen LogP contribution in [0.1, 0.15) is 48.3 Å². The van der Waals surface area contributed by atoms with E-state index >= 15 is 0 Å². The molecule has 1 N–H and O–H groups in total. The zero-order valence-electron chi connectivity index (χ0n) is 16.6. The maximum Gasteiger partial charge on any atom is 0.254 e. The number of carbonyl (C=O) groups excluding carboxylic acids is 1. The van der Waals surface area contributed by atoms with E-state index in [2.05, 4.69) is 14.9 Å². The van der Waals surface area contributed by atoms with Crippen LogP contribution in [-0.2, 0) is 15.8 Å². The Balaban J connectivity index is 1.60. The van der Waals surface area contributed by atoms with Crippen molar-refractivity contribution in [1.29, 1.82) is 0 Å². The van der Waals surface area contributed by atoms with Crippen molar-refractivity contribution in [3.05, 3.63) is 41.5 Å². The summed E-state index contributed by atoms with van der Waals surface area (Å²) >= 11 is 1.48. The Hall–Kier alpha value is -1.91. The monoisotopic (exact) mass is 438 g/mol. The molecule has 2 aromatic rings. The second-order valence-electron chi connectivity index (χ2n) is 7.02. The molecule has 1 aromatic carbocycles. The number of nitrogens with one attached hydrogen (secondary N) is 1. The normalized spacial score (nSPS) is 15.6. The molecule has 10 heteroatoms. The second-order valence-corrected chi connectivity index (χ2v) is 9.91. The number of carbonyl (C=O) groups is 1. The molecular formula is C19H26N4O4S2. The summed E-state index contributed by atoms with van der Waals surface area (Å²) in [4.78, 5) is 19.9. The van der Waals surface area contributed by atoms with Crippen LogP contribution in [0.2, 0.25) is 0 Å². The molecule has 0 aliphatic carbocycles. The van der Waals surface area contributed by atoms with Gasteiger partial charge < -0.3 is 9.42 Å². The topological polar surface area (TPSA) is 105 Å². The summed E-state index contributed by atoms with van der Waals surface area (Å²) in [7, 11) is -3.24. The molecule has 1 amide bonds. The van der Waals surface area contributed by atoms with Crippen LogP contribution in [0.4, 0.5) is 0 Å². The predicted octanol–water partition coefficient (Wildman–Crippen LogP) is 2.60. The number of benzene rings is 1. The fraction of sp³-hybridized carbons (Fsp3) is 0.526. The molecule has 0 radical (unpaired) electrons.